The number of methoxy groups -OCH3 is 1. The van der Waals surface area contributed by atoms with E-state index in [-0.39, 0.29) is 18.4 Å². The summed E-state index contributed by atoms with van der Waals surface area (Å²) in [6.07, 6.45) is 0. The van der Waals surface area contributed by atoms with E-state index in [0.717, 1.165) is 10.0 Å². The van der Waals surface area contributed by atoms with Gasteiger partial charge >= 0.3 is 0 Å². The predicted octanol–water partition coefficient (Wildman–Crippen LogP) is 3.15. The number of anilines is 1. The van der Waals surface area contributed by atoms with Crippen LogP contribution in [0.15, 0.2) is 46.9 Å². The number of rotatable bonds is 8. The summed E-state index contributed by atoms with van der Waals surface area (Å²) in [7, 11) is 1.56. The van der Waals surface area contributed by atoms with E-state index < -0.39 is 0 Å². The molecule has 0 aliphatic heterocycles. The van der Waals surface area contributed by atoms with Crippen molar-refractivity contribution in [1.29, 1.82) is 0 Å². The molecule has 0 radical (unpaired) electrons. The Bertz CT molecular complexity index is 780. The molecule has 26 heavy (non-hydrogen) atoms. The fraction of sp³-hybridized carbons (Fsp3) is 0.263. The molecule has 0 aliphatic carbocycles. The van der Waals surface area contributed by atoms with Crippen LogP contribution >= 0.6 is 15.9 Å². The molecule has 0 atom stereocenters. The minimum Gasteiger partial charge on any atom is -0.483 e. The predicted molar refractivity (Wildman–Crippen MR) is 104 cm³/mol. The summed E-state index contributed by atoms with van der Waals surface area (Å²) in [5, 5.41) is 5.45. The topological polar surface area (TPSA) is 76.7 Å². The summed E-state index contributed by atoms with van der Waals surface area (Å²) < 4.78 is 11.4. The molecule has 138 valence electrons. The third kappa shape index (κ3) is 5.86. The molecule has 2 N–H and O–H groups in total. The molecule has 7 heteroatoms. The van der Waals surface area contributed by atoms with Gasteiger partial charge in [0.05, 0.1) is 17.9 Å². The van der Waals surface area contributed by atoms with Crippen molar-refractivity contribution in [2.45, 2.75) is 6.92 Å². The lowest BCUT2D eigenvalue weighted by Crippen LogP contribution is -2.29. The van der Waals surface area contributed by atoms with E-state index in [9.17, 15) is 9.59 Å². The van der Waals surface area contributed by atoms with Crippen LogP contribution in [-0.2, 0) is 9.53 Å². The molecule has 0 spiro atoms. The van der Waals surface area contributed by atoms with E-state index in [1.54, 1.807) is 37.4 Å². The van der Waals surface area contributed by atoms with Crippen LogP contribution in [0.2, 0.25) is 0 Å². The molecule has 6 nitrogen and oxygen atoms in total. The Kier molecular flexibility index (Phi) is 7.62. The molecule has 2 aromatic rings. The quantitative estimate of drug-likeness (QED) is 0.643. The van der Waals surface area contributed by atoms with Crippen molar-refractivity contribution in [2.75, 3.05) is 32.2 Å². The van der Waals surface area contributed by atoms with Gasteiger partial charge in [-0.2, -0.15) is 0 Å². The number of hydrogen-bond acceptors (Lipinski definition) is 4. The first-order chi connectivity index (χ1) is 12.5. The van der Waals surface area contributed by atoms with Crippen molar-refractivity contribution >= 4 is 33.4 Å². The summed E-state index contributed by atoms with van der Waals surface area (Å²) in [4.78, 5) is 24.4. The number of hydrogen-bond donors (Lipinski definition) is 2. The maximum Gasteiger partial charge on any atom is 0.262 e. The first-order valence-electron chi connectivity index (χ1n) is 8.06. The molecule has 0 aromatic heterocycles. The number of ether oxygens (including phenoxy) is 2. The minimum atomic E-state index is -0.343. The Labute approximate surface area is 161 Å². The third-order valence-electron chi connectivity index (χ3n) is 3.53. The number of amides is 2. The highest BCUT2D eigenvalue weighted by Gasteiger charge is 2.13. The maximum absolute atomic E-state index is 12.2. The summed E-state index contributed by atoms with van der Waals surface area (Å²) in [5.41, 5.74) is 1.74. The average molecular weight is 421 g/mol. The van der Waals surface area contributed by atoms with Crippen LogP contribution in [-0.4, -0.2) is 38.7 Å². The maximum atomic E-state index is 12.2. The highest BCUT2D eigenvalue weighted by molar-refractivity contribution is 9.10. The van der Waals surface area contributed by atoms with Crippen LogP contribution in [0, 0.1) is 6.92 Å². The van der Waals surface area contributed by atoms with Crippen molar-refractivity contribution < 1.29 is 19.1 Å². The highest BCUT2D eigenvalue weighted by Crippen LogP contribution is 2.22. The highest BCUT2D eigenvalue weighted by atomic mass is 79.9. The van der Waals surface area contributed by atoms with Crippen LogP contribution < -0.4 is 15.4 Å². The van der Waals surface area contributed by atoms with E-state index in [4.69, 9.17) is 9.47 Å². The molecule has 0 heterocycles. The summed E-state index contributed by atoms with van der Waals surface area (Å²) in [6, 6.07) is 12.4. The number of para-hydroxylation sites is 1. The molecule has 0 unspecified atom stereocenters. The molecular weight excluding hydrogens is 400 g/mol. The first kappa shape index (κ1) is 19.9. The van der Waals surface area contributed by atoms with Gasteiger partial charge in [0.25, 0.3) is 11.8 Å². The van der Waals surface area contributed by atoms with E-state index in [1.807, 2.05) is 19.1 Å². The smallest absolute Gasteiger partial charge is 0.262 e. The number of carbonyl (C=O) groups excluding carboxylic acids is 2. The number of benzene rings is 2. The van der Waals surface area contributed by atoms with Crippen LogP contribution in [0.5, 0.6) is 5.75 Å². The Morgan fingerprint density at radius 3 is 2.65 bits per heavy atom. The number of halogens is 1. The molecule has 0 saturated heterocycles. The monoisotopic (exact) mass is 420 g/mol. The van der Waals surface area contributed by atoms with Gasteiger partial charge in [0.15, 0.2) is 6.61 Å². The number of aryl methyl sites for hydroxylation is 1. The van der Waals surface area contributed by atoms with Crippen LogP contribution in [0.3, 0.4) is 0 Å². The summed E-state index contributed by atoms with van der Waals surface area (Å²) >= 11 is 3.38. The fourth-order valence-electron chi connectivity index (χ4n) is 2.26. The van der Waals surface area contributed by atoms with Crippen molar-refractivity contribution in [2.24, 2.45) is 0 Å². The van der Waals surface area contributed by atoms with Gasteiger partial charge in [0, 0.05) is 18.1 Å². The second-order valence-electron chi connectivity index (χ2n) is 5.54. The van der Waals surface area contributed by atoms with E-state index in [1.165, 1.54) is 0 Å². The zero-order chi connectivity index (χ0) is 18.9. The Morgan fingerprint density at radius 1 is 1.15 bits per heavy atom. The van der Waals surface area contributed by atoms with Crippen molar-refractivity contribution in [3.05, 3.63) is 58.1 Å². The lowest BCUT2D eigenvalue weighted by atomic mass is 10.1. The molecular formula is C19H21BrN2O4. The Balaban J connectivity index is 1.97. The molecule has 0 fully saturated rings. The SMILES string of the molecule is COCCNC(=O)c1ccccc1NC(=O)COc1ccc(Br)cc1C. The second kappa shape index (κ2) is 9.94. The van der Waals surface area contributed by atoms with Gasteiger partial charge in [-0.1, -0.05) is 28.1 Å². The lowest BCUT2D eigenvalue weighted by Gasteiger charge is -2.12. The van der Waals surface area contributed by atoms with Gasteiger partial charge in [-0.25, -0.2) is 0 Å². The molecule has 2 aromatic carbocycles. The molecule has 0 saturated carbocycles. The van der Waals surface area contributed by atoms with Crippen molar-refractivity contribution in [1.82, 2.24) is 5.32 Å². The molecule has 2 rings (SSSR count). The number of carbonyl (C=O) groups is 2. The third-order valence-corrected chi connectivity index (χ3v) is 4.03. The van der Waals surface area contributed by atoms with Gasteiger partial charge in [-0.3, -0.25) is 9.59 Å². The van der Waals surface area contributed by atoms with Crippen molar-refractivity contribution in [3.8, 4) is 5.75 Å². The van der Waals surface area contributed by atoms with E-state index in [2.05, 4.69) is 26.6 Å². The Hall–Kier alpha value is -2.38. The van der Waals surface area contributed by atoms with Gasteiger partial charge in [-0.15, -0.1) is 0 Å². The van der Waals surface area contributed by atoms with Crippen LogP contribution in [0.1, 0.15) is 15.9 Å². The van der Waals surface area contributed by atoms with Gasteiger partial charge in [0.1, 0.15) is 5.75 Å². The normalized spacial score (nSPS) is 10.3. The number of nitrogens with one attached hydrogen (secondary N) is 2. The van der Waals surface area contributed by atoms with Gasteiger partial charge in [0.2, 0.25) is 0 Å². The largest absolute Gasteiger partial charge is 0.483 e. The average Bonchev–Trinajstić information content (AvgIpc) is 2.61. The van der Waals surface area contributed by atoms with Crippen LogP contribution in [0.25, 0.3) is 0 Å². The van der Waals surface area contributed by atoms with E-state index in [0.29, 0.717) is 30.2 Å². The van der Waals surface area contributed by atoms with Gasteiger partial charge < -0.3 is 20.1 Å². The lowest BCUT2D eigenvalue weighted by molar-refractivity contribution is -0.118. The van der Waals surface area contributed by atoms with Gasteiger partial charge in [-0.05, 0) is 42.8 Å². The zero-order valence-electron chi connectivity index (χ0n) is 14.7. The fourth-order valence-corrected chi connectivity index (χ4v) is 2.73. The minimum absolute atomic E-state index is 0.151. The second-order valence-corrected chi connectivity index (χ2v) is 6.46. The summed E-state index contributed by atoms with van der Waals surface area (Å²) in [6.45, 7) is 2.56. The molecule has 2 amide bonds. The standard InChI is InChI=1S/C19H21BrN2O4/c1-13-11-14(20)7-8-17(13)26-12-18(23)22-16-6-4-3-5-15(16)19(24)21-9-10-25-2/h3-8,11H,9-10,12H2,1-2H3,(H,21,24)(H,22,23). The van der Waals surface area contributed by atoms with Crippen LogP contribution in [0.4, 0.5) is 5.69 Å². The van der Waals surface area contributed by atoms with Crippen molar-refractivity contribution in [3.63, 3.8) is 0 Å². The Morgan fingerprint density at radius 2 is 1.92 bits per heavy atom. The molecule has 0 aliphatic rings. The van der Waals surface area contributed by atoms with E-state index >= 15 is 0 Å². The first-order valence-corrected chi connectivity index (χ1v) is 8.85. The zero-order valence-corrected chi connectivity index (χ0v) is 16.3. The summed E-state index contributed by atoms with van der Waals surface area (Å²) in [5.74, 6) is 0.0148. The molecule has 0 bridgehead atoms.